The predicted molar refractivity (Wildman–Crippen MR) is 100 cm³/mol. The highest BCUT2D eigenvalue weighted by Gasteiger charge is 2.37. The molecule has 0 N–H and O–H groups in total. The van der Waals surface area contributed by atoms with Crippen LogP contribution in [-0.4, -0.2) is 43.8 Å². The SMILES string of the molecule is CCn1ncc(S(=O)(=O)N2CCn3nc(-c4ccccc4)nc3[C@@H]2C)c1C. The molecule has 4 rings (SSSR count). The minimum atomic E-state index is -3.66. The van der Waals surface area contributed by atoms with Gasteiger partial charge in [-0.15, -0.1) is 0 Å². The Morgan fingerprint density at radius 2 is 1.93 bits per heavy atom. The van der Waals surface area contributed by atoms with Crippen molar-refractivity contribution in [1.82, 2.24) is 28.9 Å². The van der Waals surface area contributed by atoms with E-state index in [1.165, 1.54) is 10.5 Å². The van der Waals surface area contributed by atoms with E-state index in [4.69, 9.17) is 0 Å². The maximum absolute atomic E-state index is 13.2. The van der Waals surface area contributed by atoms with Crippen molar-refractivity contribution in [2.45, 2.75) is 44.8 Å². The average molecular weight is 386 g/mol. The minimum Gasteiger partial charge on any atom is -0.269 e. The van der Waals surface area contributed by atoms with Crippen LogP contribution in [-0.2, 0) is 23.1 Å². The van der Waals surface area contributed by atoms with Gasteiger partial charge in [0.2, 0.25) is 10.0 Å². The fraction of sp³-hybridized carbons (Fsp3) is 0.389. The van der Waals surface area contributed by atoms with E-state index >= 15 is 0 Å². The largest absolute Gasteiger partial charge is 0.269 e. The zero-order chi connectivity index (χ0) is 19.2. The Bertz CT molecular complexity index is 1070. The van der Waals surface area contributed by atoms with E-state index < -0.39 is 16.1 Å². The summed E-state index contributed by atoms with van der Waals surface area (Å²) >= 11 is 0. The Labute approximate surface area is 158 Å². The van der Waals surface area contributed by atoms with Gasteiger partial charge in [0.15, 0.2) is 5.82 Å². The Kier molecular flexibility index (Phi) is 4.35. The van der Waals surface area contributed by atoms with E-state index in [1.807, 2.05) is 44.2 Å². The molecule has 0 saturated heterocycles. The highest BCUT2D eigenvalue weighted by molar-refractivity contribution is 7.89. The van der Waals surface area contributed by atoms with Crippen molar-refractivity contribution in [2.24, 2.45) is 0 Å². The van der Waals surface area contributed by atoms with Crippen LogP contribution in [0.15, 0.2) is 41.4 Å². The third-order valence-corrected chi connectivity index (χ3v) is 7.09. The van der Waals surface area contributed by atoms with Gasteiger partial charge in [0.1, 0.15) is 10.7 Å². The lowest BCUT2D eigenvalue weighted by Gasteiger charge is -2.31. The van der Waals surface area contributed by atoms with Gasteiger partial charge in [-0.2, -0.15) is 14.5 Å². The summed E-state index contributed by atoms with van der Waals surface area (Å²) in [7, 11) is -3.66. The molecule has 8 nitrogen and oxygen atoms in total. The number of hydrogen-bond acceptors (Lipinski definition) is 5. The molecule has 0 saturated carbocycles. The first-order valence-corrected chi connectivity index (χ1v) is 10.4. The van der Waals surface area contributed by atoms with Crippen LogP contribution < -0.4 is 0 Å². The summed E-state index contributed by atoms with van der Waals surface area (Å²) in [5.41, 5.74) is 1.57. The van der Waals surface area contributed by atoms with Gasteiger partial charge >= 0.3 is 0 Å². The van der Waals surface area contributed by atoms with E-state index in [1.54, 1.807) is 16.3 Å². The number of aromatic nitrogens is 5. The molecule has 2 aromatic heterocycles. The second kappa shape index (κ2) is 6.58. The highest BCUT2D eigenvalue weighted by Crippen LogP contribution is 2.32. The van der Waals surface area contributed by atoms with Crippen molar-refractivity contribution >= 4 is 10.0 Å². The molecule has 0 radical (unpaired) electrons. The van der Waals surface area contributed by atoms with Gasteiger partial charge in [-0.05, 0) is 20.8 Å². The minimum absolute atomic E-state index is 0.257. The highest BCUT2D eigenvalue weighted by atomic mass is 32.2. The molecular formula is C18H22N6O2S. The van der Waals surface area contributed by atoms with Crippen LogP contribution in [0.4, 0.5) is 0 Å². The summed E-state index contributed by atoms with van der Waals surface area (Å²) in [6, 6.07) is 9.30. The maximum atomic E-state index is 13.2. The second-order valence-corrected chi connectivity index (χ2v) is 8.44. The lowest BCUT2D eigenvalue weighted by molar-refractivity contribution is 0.265. The van der Waals surface area contributed by atoms with Crippen LogP contribution in [0.25, 0.3) is 11.4 Å². The van der Waals surface area contributed by atoms with E-state index in [0.29, 0.717) is 37.0 Å². The third-order valence-electron chi connectivity index (χ3n) is 5.01. The fourth-order valence-corrected chi connectivity index (χ4v) is 5.25. The number of fused-ring (bicyclic) bond motifs is 1. The first-order valence-electron chi connectivity index (χ1n) is 8.98. The van der Waals surface area contributed by atoms with Crippen molar-refractivity contribution in [3.63, 3.8) is 0 Å². The zero-order valence-electron chi connectivity index (χ0n) is 15.6. The monoisotopic (exact) mass is 386 g/mol. The quantitative estimate of drug-likeness (QED) is 0.686. The Balaban J connectivity index is 1.70. The summed E-state index contributed by atoms with van der Waals surface area (Å²) < 4.78 is 31.5. The van der Waals surface area contributed by atoms with Crippen molar-refractivity contribution in [1.29, 1.82) is 0 Å². The number of aryl methyl sites for hydroxylation is 1. The van der Waals surface area contributed by atoms with Gasteiger partial charge in [-0.3, -0.25) is 4.68 Å². The molecule has 0 amide bonds. The Morgan fingerprint density at radius 1 is 1.19 bits per heavy atom. The molecule has 142 valence electrons. The molecule has 3 heterocycles. The number of hydrogen-bond donors (Lipinski definition) is 0. The lowest BCUT2D eigenvalue weighted by Crippen LogP contribution is -2.41. The van der Waals surface area contributed by atoms with Crippen LogP contribution in [0.2, 0.25) is 0 Å². The summed E-state index contributed by atoms with van der Waals surface area (Å²) in [5, 5.41) is 8.75. The molecule has 9 heteroatoms. The topological polar surface area (TPSA) is 85.9 Å². The van der Waals surface area contributed by atoms with Crippen molar-refractivity contribution in [3.8, 4) is 11.4 Å². The summed E-state index contributed by atoms with van der Waals surface area (Å²) in [4.78, 5) is 4.89. The molecule has 1 atom stereocenters. The summed E-state index contributed by atoms with van der Waals surface area (Å²) in [6.45, 7) is 7.03. The summed E-state index contributed by atoms with van der Waals surface area (Å²) in [5.74, 6) is 1.27. The van der Waals surface area contributed by atoms with Gasteiger partial charge in [0.25, 0.3) is 0 Å². The van der Waals surface area contributed by atoms with Gasteiger partial charge in [0, 0.05) is 18.7 Å². The maximum Gasteiger partial charge on any atom is 0.247 e. The van der Waals surface area contributed by atoms with Gasteiger partial charge < -0.3 is 0 Å². The fourth-order valence-electron chi connectivity index (χ4n) is 3.51. The molecule has 1 aromatic carbocycles. The second-order valence-electron chi connectivity index (χ2n) is 6.58. The van der Waals surface area contributed by atoms with Crippen LogP contribution in [0, 0.1) is 6.92 Å². The number of sulfonamides is 1. The van der Waals surface area contributed by atoms with E-state index in [-0.39, 0.29) is 4.90 Å². The first-order chi connectivity index (χ1) is 12.9. The Morgan fingerprint density at radius 3 is 2.59 bits per heavy atom. The Hall–Kier alpha value is -2.52. The van der Waals surface area contributed by atoms with E-state index in [2.05, 4.69) is 15.2 Å². The van der Waals surface area contributed by atoms with Crippen LogP contribution >= 0.6 is 0 Å². The molecule has 0 aliphatic carbocycles. The predicted octanol–water partition coefficient (Wildman–Crippen LogP) is 2.24. The molecular weight excluding hydrogens is 364 g/mol. The lowest BCUT2D eigenvalue weighted by atomic mass is 10.2. The van der Waals surface area contributed by atoms with Crippen molar-refractivity contribution in [3.05, 3.63) is 48.0 Å². The zero-order valence-corrected chi connectivity index (χ0v) is 16.4. The molecule has 1 aliphatic heterocycles. The molecule has 27 heavy (non-hydrogen) atoms. The van der Waals surface area contributed by atoms with Crippen LogP contribution in [0.5, 0.6) is 0 Å². The van der Waals surface area contributed by atoms with E-state index in [0.717, 1.165) is 5.56 Å². The van der Waals surface area contributed by atoms with Gasteiger partial charge in [0.05, 0.1) is 24.5 Å². The van der Waals surface area contributed by atoms with Crippen molar-refractivity contribution < 1.29 is 8.42 Å². The molecule has 0 spiro atoms. The smallest absolute Gasteiger partial charge is 0.247 e. The summed E-state index contributed by atoms with van der Waals surface area (Å²) in [6.07, 6.45) is 1.44. The molecule has 0 fully saturated rings. The molecule has 0 unspecified atom stereocenters. The van der Waals surface area contributed by atoms with E-state index in [9.17, 15) is 8.42 Å². The van der Waals surface area contributed by atoms with Crippen LogP contribution in [0.1, 0.15) is 31.4 Å². The average Bonchev–Trinajstić information content (AvgIpc) is 3.26. The normalized spacial score (nSPS) is 17.8. The molecule has 0 bridgehead atoms. The van der Waals surface area contributed by atoms with Gasteiger partial charge in [-0.25, -0.2) is 18.1 Å². The standard InChI is InChI=1S/C18H22N6O2S/c1-4-22-13(2)16(12-19-22)27(25,26)24-11-10-23-18(14(24)3)20-17(21-23)15-8-6-5-7-9-15/h5-9,12,14H,4,10-11H2,1-3H3/t14-/m0/s1. The van der Waals surface area contributed by atoms with Crippen molar-refractivity contribution in [2.75, 3.05) is 6.54 Å². The third kappa shape index (κ3) is 2.87. The first kappa shape index (κ1) is 17.9. The number of benzene rings is 1. The molecule has 3 aromatic rings. The van der Waals surface area contributed by atoms with Crippen LogP contribution in [0.3, 0.4) is 0 Å². The number of nitrogens with zero attached hydrogens (tertiary/aromatic N) is 6. The molecule has 1 aliphatic rings. The number of rotatable bonds is 4. The van der Waals surface area contributed by atoms with Gasteiger partial charge in [-0.1, -0.05) is 30.3 Å².